The molecule has 3 nitrogen and oxygen atoms in total. The highest BCUT2D eigenvalue weighted by Gasteiger charge is 2.40. The summed E-state index contributed by atoms with van der Waals surface area (Å²) in [6.45, 7) is 4.53. The van der Waals surface area contributed by atoms with Gasteiger partial charge in [0, 0.05) is 25.1 Å². The first-order chi connectivity index (χ1) is 22.3. The summed E-state index contributed by atoms with van der Waals surface area (Å²) in [4.78, 5) is 4.26. The Kier molecular flexibility index (Phi) is 24.2. The van der Waals surface area contributed by atoms with Gasteiger partial charge in [0.25, 0.3) is 5.79 Å². The lowest BCUT2D eigenvalue weighted by Gasteiger charge is -2.28. The first kappa shape index (κ1) is 38.9. The van der Waals surface area contributed by atoms with Crippen LogP contribution in [0.3, 0.4) is 0 Å². The van der Waals surface area contributed by atoms with Gasteiger partial charge in [-0.25, -0.2) is 0 Å². The third-order valence-electron chi connectivity index (χ3n) is 8.86. The van der Waals surface area contributed by atoms with Gasteiger partial charge in [-0.2, -0.15) is 0 Å². The molecule has 1 aliphatic rings. The van der Waals surface area contributed by atoms with Crippen LogP contribution in [0.15, 0.2) is 67.1 Å². The van der Waals surface area contributed by atoms with Crippen molar-refractivity contribution in [3.05, 3.63) is 67.1 Å². The zero-order valence-electron chi connectivity index (χ0n) is 29.5. The van der Waals surface area contributed by atoms with Gasteiger partial charge in [0.2, 0.25) is 0 Å². The second-order valence-electron chi connectivity index (χ2n) is 13.1. The van der Waals surface area contributed by atoms with Crippen LogP contribution in [0.25, 0.3) is 0 Å². The van der Waals surface area contributed by atoms with Crippen molar-refractivity contribution in [1.82, 2.24) is 4.98 Å². The number of ether oxygens (including phenoxy) is 2. The minimum atomic E-state index is -0.490. The van der Waals surface area contributed by atoms with Crippen molar-refractivity contribution >= 4 is 0 Å². The Bertz CT molecular complexity index is 855. The summed E-state index contributed by atoms with van der Waals surface area (Å²) in [6.07, 6.45) is 54.8. The Labute approximate surface area is 279 Å². The predicted octanol–water partition coefficient (Wildman–Crippen LogP) is 14.0. The van der Waals surface area contributed by atoms with Crippen LogP contribution in [0, 0.1) is 0 Å². The molecular weight excluding hydrogens is 550 g/mol. The number of rotatable bonds is 30. The number of pyridine rings is 1. The maximum absolute atomic E-state index is 6.46. The van der Waals surface area contributed by atoms with Gasteiger partial charge < -0.3 is 9.47 Å². The lowest BCUT2D eigenvalue weighted by molar-refractivity contribution is -0.0949. The summed E-state index contributed by atoms with van der Waals surface area (Å²) in [6, 6.07) is 1.95. The van der Waals surface area contributed by atoms with Gasteiger partial charge in [0.1, 0.15) is 0 Å². The molecule has 1 aromatic rings. The molecule has 0 atom stereocenters. The minimum absolute atomic E-state index is 0.490. The minimum Gasteiger partial charge on any atom is -0.448 e. The number of nitrogens with zero attached hydrogens (tertiary/aromatic N) is 1. The molecule has 254 valence electrons. The molecule has 45 heavy (non-hydrogen) atoms. The van der Waals surface area contributed by atoms with E-state index in [0.717, 1.165) is 50.0 Å². The second kappa shape index (κ2) is 28.0. The van der Waals surface area contributed by atoms with Crippen molar-refractivity contribution in [3.8, 4) is 11.5 Å². The SMILES string of the molecule is CCCCC/C=C\C/C=C\CCCCCCCCC1(CCCCCCCC/C=C\C/C=C\CCCCC)Oc2ccncc2O1. The van der Waals surface area contributed by atoms with Gasteiger partial charge in [-0.3, -0.25) is 4.98 Å². The molecular formula is C42H69NO2. The van der Waals surface area contributed by atoms with E-state index in [1.165, 1.54) is 128 Å². The van der Waals surface area contributed by atoms with E-state index < -0.39 is 5.79 Å². The van der Waals surface area contributed by atoms with Crippen molar-refractivity contribution in [2.45, 2.75) is 187 Å². The Hall–Kier alpha value is -2.29. The summed E-state index contributed by atoms with van der Waals surface area (Å²) >= 11 is 0. The van der Waals surface area contributed by atoms with Crippen LogP contribution < -0.4 is 9.47 Å². The smallest absolute Gasteiger partial charge is 0.251 e. The van der Waals surface area contributed by atoms with Crippen molar-refractivity contribution < 1.29 is 9.47 Å². The molecule has 0 amide bonds. The van der Waals surface area contributed by atoms with E-state index >= 15 is 0 Å². The Morgan fingerprint density at radius 1 is 0.489 bits per heavy atom. The van der Waals surface area contributed by atoms with Crippen molar-refractivity contribution in [3.63, 3.8) is 0 Å². The molecule has 0 unspecified atom stereocenters. The molecule has 0 saturated carbocycles. The molecule has 1 aromatic heterocycles. The number of fused-ring (bicyclic) bond motifs is 1. The lowest BCUT2D eigenvalue weighted by atomic mass is 9.98. The molecule has 2 heterocycles. The van der Waals surface area contributed by atoms with Crippen LogP contribution >= 0.6 is 0 Å². The van der Waals surface area contributed by atoms with E-state index in [1.807, 2.05) is 12.3 Å². The van der Waals surface area contributed by atoms with Gasteiger partial charge in [-0.1, -0.05) is 140 Å². The average Bonchev–Trinajstić information content (AvgIpc) is 3.43. The number of hydrogen-bond donors (Lipinski definition) is 0. The highest BCUT2D eigenvalue weighted by atomic mass is 16.7. The summed E-state index contributed by atoms with van der Waals surface area (Å²) in [5, 5.41) is 0. The van der Waals surface area contributed by atoms with E-state index in [-0.39, 0.29) is 0 Å². The van der Waals surface area contributed by atoms with E-state index in [0.29, 0.717) is 0 Å². The van der Waals surface area contributed by atoms with Gasteiger partial charge >= 0.3 is 0 Å². The quantitative estimate of drug-likeness (QED) is 0.0634. The summed E-state index contributed by atoms with van der Waals surface area (Å²) in [5.74, 6) is 1.19. The molecule has 1 aliphatic heterocycles. The van der Waals surface area contributed by atoms with Crippen molar-refractivity contribution in [2.24, 2.45) is 0 Å². The van der Waals surface area contributed by atoms with Crippen LogP contribution in [-0.2, 0) is 0 Å². The summed E-state index contributed by atoms with van der Waals surface area (Å²) in [7, 11) is 0. The monoisotopic (exact) mass is 620 g/mol. The normalized spacial score (nSPS) is 14.3. The molecule has 0 aromatic carbocycles. The number of hydrogen-bond acceptors (Lipinski definition) is 3. The number of aromatic nitrogens is 1. The Balaban J connectivity index is 1.51. The predicted molar refractivity (Wildman–Crippen MR) is 196 cm³/mol. The molecule has 0 fully saturated rings. The molecule has 3 heteroatoms. The second-order valence-corrected chi connectivity index (χ2v) is 13.1. The van der Waals surface area contributed by atoms with Crippen molar-refractivity contribution in [2.75, 3.05) is 0 Å². The fourth-order valence-corrected chi connectivity index (χ4v) is 6.04. The molecule has 0 aliphatic carbocycles. The third-order valence-corrected chi connectivity index (χ3v) is 8.86. The molecule has 0 saturated heterocycles. The standard InChI is InChI=1S/C42H69NO2/c1-3-5-7-9-11-13-15-17-19-21-23-25-27-29-31-33-36-42(44-40-35-38-43-39-41(40)45-42)37-34-32-30-28-26-24-22-20-18-16-14-12-10-8-6-4-2/h11-14,17-20,35,38-39H,3-10,15-16,21-34,36-37H2,1-2H3/b13-11-,14-12-,19-17-,20-18-. The van der Waals surface area contributed by atoms with Crippen LogP contribution in [0.1, 0.15) is 181 Å². The lowest BCUT2D eigenvalue weighted by Crippen LogP contribution is -2.38. The van der Waals surface area contributed by atoms with Crippen LogP contribution in [0.2, 0.25) is 0 Å². The number of allylic oxidation sites excluding steroid dienone is 8. The molecule has 2 rings (SSSR count). The largest absolute Gasteiger partial charge is 0.448 e. The highest BCUT2D eigenvalue weighted by molar-refractivity contribution is 5.40. The Morgan fingerprint density at radius 3 is 1.33 bits per heavy atom. The first-order valence-electron chi connectivity index (χ1n) is 19.2. The van der Waals surface area contributed by atoms with E-state index in [1.54, 1.807) is 6.20 Å². The zero-order valence-corrected chi connectivity index (χ0v) is 29.5. The Morgan fingerprint density at radius 2 is 0.889 bits per heavy atom. The summed E-state index contributed by atoms with van der Waals surface area (Å²) in [5.41, 5.74) is 0. The van der Waals surface area contributed by atoms with E-state index in [9.17, 15) is 0 Å². The molecule has 0 N–H and O–H groups in total. The van der Waals surface area contributed by atoms with Crippen molar-refractivity contribution in [1.29, 1.82) is 0 Å². The summed E-state index contributed by atoms with van der Waals surface area (Å²) < 4.78 is 12.9. The van der Waals surface area contributed by atoms with Gasteiger partial charge in [-0.05, 0) is 77.0 Å². The van der Waals surface area contributed by atoms with E-state index in [4.69, 9.17) is 9.47 Å². The van der Waals surface area contributed by atoms with Crippen LogP contribution in [0.5, 0.6) is 11.5 Å². The zero-order chi connectivity index (χ0) is 31.9. The first-order valence-corrected chi connectivity index (χ1v) is 19.2. The topological polar surface area (TPSA) is 31.4 Å². The highest BCUT2D eigenvalue weighted by Crippen LogP contribution is 2.43. The number of unbranched alkanes of at least 4 members (excludes halogenated alkanes) is 18. The maximum Gasteiger partial charge on any atom is 0.251 e. The van der Waals surface area contributed by atoms with Crippen LogP contribution in [0.4, 0.5) is 0 Å². The van der Waals surface area contributed by atoms with Gasteiger partial charge in [0.05, 0.1) is 6.20 Å². The maximum atomic E-state index is 6.46. The van der Waals surface area contributed by atoms with Gasteiger partial charge in [0.15, 0.2) is 11.5 Å². The third kappa shape index (κ3) is 20.5. The molecule has 0 bridgehead atoms. The molecule has 0 radical (unpaired) electrons. The average molecular weight is 620 g/mol. The fourth-order valence-electron chi connectivity index (χ4n) is 6.04. The fraction of sp³-hybridized carbons (Fsp3) is 0.690. The van der Waals surface area contributed by atoms with E-state index in [2.05, 4.69) is 67.4 Å². The molecule has 0 spiro atoms. The van der Waals surface area contributed by atoms with Crippen LogP contribution in [-0.4, -0.2) is 10.8 Å². The van der Waals surface area contributed by atoms with Gasteiger partial charge in [-0.15, -0.1) is 0 Å².